The lowest BCUT2D eigenvalue weighted by molar-refractivity contribution is -0.0352. The average Bonchev–Trinajstić information content (AvgIpc) is 3.09. The molecule has 1 aromatic heterocycles. The van der Waals surface area contributed by atoms with E-state index in [0.29, 0.717) is 0 Å². The number of hydrogen-bond donors (Lipinski definition) is 2. The van der Waals surface area contributed by atoms with Gasteiger partial charge in [0.2, 0.25) is 0 Å². The third-order valence-electron chi connectivity index (χ3n) is 6.74. The van der Waals surface area contributed by atoms with Gasteiger partial charge in [-0.1, -0.05) is 33.1 Å². The monoisotopic (exact) mass is 404 g/mol. The Bertz CT molecular complexity index is 671. The number of guanidine groups is 1. The largest absolute Gasteiger partial charge is 0.379 e. The normalized spacial score (nSPS) is 20.6. The van der Waals surface area contributed by atoms with Gasteiger partial charge in [0.25, 0.3) is 0 Å². The predicted octanol–water partition coefficient (Wildman–Crippen LogP) is 2.25. The minimum atomic E-state index is 0.233. The Kier molecular flexibility index (Phi) is 7.95. The fraction of sp³-hybridized carbons (Fsp3) is 0.818. The second-order valence-corrected chi connectivity index (χ2v) is 8.37. The molecular weight excluding hydrogens is 364 g/mol. The molecule has 2 fully saturated rings. The maximum absolute atomic E-state index is 5.61. The Balaban J connectivity index is 1.63. The van der Waals surface area contributed by atoms with Crippen molar-refractivity contribution >= 4 is 5.96 Å². The van der Waals surface area contributed by atoms with Gasteiger partial charge in [-0.3, -0.25) is 14.6 Å². The molecular formula is C22H40N6O. The van der Waals surface area contributed by atoms with Gasteiger partial charge in [0.05, 0.1) is 18.9 Å². The van der Waals surface area contributed by atoms with Crippen molar-refractivity contribution in [1.82, 2.24) is 25.3 Å². The van der Waals surface area contributed by atoms with E-state index >= 15 is 0 Å². The predicted molar refractivity (Wildman–Crippen MR) is 118 cm³/mol. The molecule has 1 saturated heterocycles. The Morgan fingerprint density at radius 2 is 1.83 bits per heavy atom. The zero-order chi connectivity index (χ0) is 20.7. The number of nitrogens with zero attached hydrogens (tertiary/aromatic N) is 4. The number of hydrogen-bond acceptors (Lipinski definition) is 4. The molecule has 0 unspecified atom stereocenters. The van der Waals surface area contributed by atoms with E-state index in [1.165, 1.54) is 49.1 Å². The molecule has 1 aliphatic heterocycles. The van der Waals surface area contributed by atoms with Gasteiger partial charge in [0.15, 0.2) is 5.96 Å². The summed E-state index contributed by atoms with van der Waals surface area (Å²) in [6.45, 7) is 9.89. The molecule has 1 aliphatic carbocycles. The van der Waals surface area contributed by atoms with Crippen molar-refractivity contribution in [3.05, 3.63) is 17.0 Å². The Labute approximate surface area is 176 Å². The molecule has 0 atom stereocenters. The van der Waals surface area contributed by atoms with Crippen LogP contribution in [0.3, 0.4) is 0 Å². The van der Waals surface area contributed by atoms with Crippen molar-refractivity contribution in [2.75, 3.05) is 39.9 Å². The van der Waals surface area contributed by atoms with Gasteiger partial charge in [-0.25, -0.2) is 0 Å². The Hall–Kier alpha value is -1.60. The van der Waals surface area contributed by atoms with Gasteiger partial charge >= 0.3 is 0 Å². The first-order valence-electron chi connectivity index (χ1n) is 11.4. The van der Waals surface area contributed by atoms with Crippen LogP contribution in [0.5, 0.6) is 0 Å². The van der Waals surface area contributed by atoms with E-state index in [9.17, 15) is 0 Å². The number of aromatic nitrogens is 2. The quantitative estimate of drug-likeness (QED) is 0.539. The van der Waals surface area contributed by atoms with Crippen LogP contribution in [-0.4, -0.2) is 66.1 Å². The molecule has 29 heavy (non-hydrogen) atoms. The fourth-order valence-electron chi connectivity index (χ4n) is 5.09. The van der Waals surface area contributed by atoms with Gasteiger partial charge in [-0.2, -0.15) is 5.10 Å². The second-order valence-electron chi connectivity index (χ2n) is 8.37. The first-order valence-corrected chi connectivity index (χ1v) is 11.4. The first-order chi connectivity index (χ1) is 14.1. The number of morpholine rings is 1. The highest BCUT2D eigenvalue weighted by Gasteiger charge is 2.38. The summed E-state index contributed by atoms with van der Waals surface area (Å²) in [6.07, 6.45) is 8.48. The fourth-order valence-corrected chi connectivity index (χ4v) is 5.09. The van der Waals surface area contributed by atoms with Crippen molar-refractivity contribution < 1.29 is 4.74 Å². The second kappa shape index (κ2) is 10.4. The van der Waals surface area contributed by atoms with Crippen molar-refractivity contribution in [1.29, 1.82) is 0 Å². The summed E-state index contributed by atoms with van der Waals surface area (Å²) >= 11 is 0. The van der Waals surface area contributed by atoms with E-state index in [-0.39, 0.29) is 5.54 Å². The van der Waals surface area contributed by atoms with Crippen LogP contribution in [0.1, 0.15) is 62.9 Å². The lowest BCUT2D eigenvalue weighted by Crippen LogP contribution is -2.60. The lowest BCUT2D eigenvalue weighted by Gasteiger charge is -2.48. The van der Waals surface area contributed by atoms with Gasteiger partial charge in [-0.15, -0.1) is 0 Å². The zero-order valence-corrected chi connectivity index (χ0v) is 18.9. The topological polar surface area (TPSA) is 66.7 Å². The molecule has 7 heteroatoms. The summed E-state index contributed by atoms with van der Waals surface area (Å²) in [6, 6.07) is 0. The van der Waals surface area contributed by atoms with E-state index in [4.69, 9.17) is 9.84 Å². The lowest BCUT2D eigenvalue weighted by atomic mass is 9.80. The number of nitrogens with one attached hydrogen (secondary N) is 2. The highest BCUT2D eigenvalue weighted by Crippen LogP contribution is 2.33. The maximum atomic E-state index is 5.61. The summed E-state index contributed by atoms with van der Waals surface area (Å²) in [4.78, 5) is 7.17. The molecule has 0 amide bonds. The third-order valence-corrected chi connectivity index (χ3v) is 6.74. The SMILES string of the molecule is CCc1nn(C)c(CC)c1CNC(=NC)NCC1(N2CCOCC2)CCCCC1. The standard InChI is InChI=1S/C22H40N6O/c1-5-19-18(20(6-2)27(4)26-19)16-24-21(23-3)25-17-22(10-8-7-9-11-22)28-12-14-29-15-13-28/h5-17H2,1-4H3,(H2,23,24,25). The Morgan fingerprint density at radius 1 is 1.10 bits per heavy atom. The van der Waals surface area contributed by atoms with E-state index in [1.807, 2.05) is 18.8 Å². The van der Waals surface area contributed by atoms with Crippen LogP contribution < -0.4 is 10.6 Å². The molecule has 2 aliphatic rings. The smallest absolute Gasteiger partial charge is 0.191 e. The van der Waals surface area contributed by atoms with E-state index in [1.54, 1.807) is 0 Å². The van der Waals surface area contributed by atoms with E-state index < -0.39 is 0 Å². The summed E-state index contributed by atoms with van der Waals surface area (Å²) < 4.78 is 7.64. The summed E-state index contributed by atoms with van der Waals surface area (Å²) in [5.74, 6) is 0.885. The minimum absolute atomic E-state index is 0.233. The molecule has 2 heterocycles. The molecule has 0 aromatic carbocycles. The molecule has 164 valence electrons. The Morgan fingerprint density at radius 3 is 2.45 bits per heavy atom. The van der Waals surface area contributed by atoms with Crippen LogP contribution in [0.25, 0.3) is 0 Å². The van der Waals surface area contributed by atoms with Crippen molar-refractivity contribution in [3.8, 4) is 0 Å². The van der Waals surface area contributed by atoms with Crippen LogP contribution >= 0.6 is 0 Å². The van der Waals surface area contributed by atoms with E-state index in [2.05, 4.69) is 34.4 Å². The molecule has 0 bridgehead atoms. The van der Waals surface area contributed by atoms with Crippen LogP contribution in [0.4, 0.5) is 0 Å². The summed E-state index contributed by atoms with van der Waals surface area (Å²) in [7, 11) is 3.91. The highest BCUT2D eigenvalue weighted by atomic mass is 16.5. The number of ether oxygens (including phenoxy) is 1. The average molecular weight is 405 g/mol. The summed E-state index contributed by atoms with van der Waals surface area (Å²) in [5.41, 5.74) is 4.05. The minimum Gasteiger partial charge on any atom is -0.379 e. The van der Waals surface area contributed by atoms with Crippen LogP contribution in [0, 0.1) is 0 Å². The van der Waals surface area contributed by atoms with E-state index in [0.717, 1.165) is 58.2 Å². The molecule has 3 rings (SSSR count). The van der Waals surface area contributed by atoms with Crippen LogP contribution in [0.15, 0.2) is 4.99 Å². The van der Waals surface area contributed by atoms with Gasteiger partial charge in [0.1, 0.15) is 0 Å². The number of rotatable bonds is 7. The molecule has 1 aromatic rings. The summed E-state index contributed by atoms with van der Waals surface area (Å²) in [5, 5.41) is 11.9. The molecule has 7 nitrogen and oxygen atoms in total. The van der Waals surface area contributed by atoms with Crippen LogP contribution in [-0.2, 0) is 31.2 Å². The number of aryl methyl sites for hydroxylation is 2. The van der Waals surface area contributed by atoms with Gasteiger partial charge in [0, 0.05) is 57.1 Å². The first kappa shape index (κ1) is 22.1. The maximum Gasteiger partial charge on any atom is 0.191 e. The van der Waals surface area contributed by atoms with Gasteiger partial charge < -0.3 is 15.4 Å². The van der Waals surface area contributed by atoms with Crippen LogP contribution in [0.2, 0.25) is 0 Å². The van der Waals surface area contributed by atoms with Crippen molar-refractivity contribution in [2.24, 2.45) is 12.0 Å². The number of aliphatic imine (C=N–C) groups is 1. The zero-order valence-electron chi connectivity index (χ0n) is 18.9. The molecule has 0 radical (unpaired) electrons. The highest BCUT2D eigenvalue weighted by molar-refractivity contribution is 5.79. The van der Waals surface area contributed by atoms with Crippen molar-refractivity contribution in [2.45, 2.75) is 70.9 Å². The molecule has 0 spiro atoms. The van der Waals surface area contributed by atoms with Crippen molar-refractivity contribution in [3.63, 3.8) is 0 Å². The molecule has 1 saturated carbocycles. The van der Waals surface area contributed by atoms with Gasteiger partial charge in [-0.05, 0) is 25.7 Å². The third kappa shape index (κ3) is 5.12. The molecule has 2 N–H and O–H groups in total.